The summed E-state index contributed by atoms with van der Waals surface area (Å²) in [5, 5.41) is 12.6. The first kappa shape index (κ1) is 14.7. The van der Waals surface area contributed by atoms with E-state index in [-0.39, 0.29) is 6.10 Å². The minimum atomic E-state index is -0.262. The zero-order chi connectivity index (χ0) is 13.4. The SMILES string of the molecule is CCCc1nc(NN)cc(NCCC(O)CC)n1. The number of aliphatic hydroxyl groups excluding tert-OH is 1. The highest BCUT2D eigenvalue weighted by Gasteiger charge is 2.04. The minimum absolute atomic E-state index is 0.262. The van der Waals surface area contributed by atoms with Crippen LogP contribution in [0, 0.1) is 0 Å². The first-order valence-corrected chi connectivity index (χ1v) is 6.46. The van der Waals surface area contributed by atoms with Crippen molar-refractivity contribution in [3.63, 3.8) is 0 Å². The predicted molar refractivity (Wildman–Crippen MR) is 73.2 cm³/mol. The Hall–Kier alpha value is -1.40. The number of hydrogen-bond acceptors (Lipinski definition) is 6. The lowest BCUT2D eigenvalue weighted by atomic mass is 10.2. The number of rotatable bonds is 8. The molecule has 0 aliphatic heterocycles. The second-order valence-electron chi connectivity index (χ2n) is 4.23. The van der Waals surface area contributed by atoms with E-state index < -0.39 is 0 Å². The molecule has 1 heterocycles. The number of hydrazine groups is 1. The predicted octanol–water partition coefficient (Wildman–Crippen LogP) is 1.29. The molecule has 6 nitrogen and oxygen atoms in total. The van der Waals surface area contributed by atoms with E-state index in [1.807, 2.05) is 6.92 Å². The van der Waals surface area contributed by atoms with E-state index in [2.05, 4.69) is 27.6 Å². The van der Waals surface area contributed by atoms with Gasteiger partial charge in [0.25, 0.3) is 0 Å². The van der Waals surface area contributed by atoms with E-state index >= 15 is 0 Å². The van der Waals surface area contributed by atoms with E-state index in [4.69, 9.17) is 5.84 Å². The van der Waals surface area contributed by atoms with Crippen molar-refractivity contribution in [1.82, 2.24) is 9.97 Å². The average Bonchev–Trinajstić information content (AvgIpc) is 2.38. The smallest absolute Gasteiger partial charge is 0.145 e. The summed E-state index contributed by atoms with van der Waals surface area (Å²) in [7, 11) is 0. The Morgan fingerprint density at radius 3 is 2.67 bits per heavy atom. The molecule has 0 radical (unpaired) electrons. The minimum Gasteiger partial charge on any atom is -0.393 e. The number of nitrogen functional groups attached to an aromatic ring is 1. The topological polar surface area (TPSA) is 96.1 Å². The van der Waals surface area contributed by atoms with Gasteiger partial charge < -0.3 is 15.8 Å². The maximum Gasteiger partial charge on any atom is 0.145 e. The third-order valence-corrected chi connectivity index (χ3v) is 2.65. The molecule has 1 aromatic rings. The Labute approximate surface area is 108 Å². The highest BCUT2D eigenvalue weighted by atomic mass is 16.3. The summed E-state index contributed by atoms with van der Waals surface area (Å²) < 4.78 is 0. The van der Waals surface area contributed by atoms with Crippen LogP contribution in [-0.2, 0) is 6.42 Å². The Morgan fingerprint density at radius 1 is 1.33 bits per heavy atom. The molecule has 6 heteroatoms. The second kappa shape index (κ2) is 7.84. The van der Waals surface area contributed by atoms with Crippen LogP contribution >= 0.6 is 0 Å². The number of anilines is 2. The molecule has 1 unspecified atom stereocenters. The van der Waals surface area contributed by atoms with Gasteiger partial charge in [0.1, 0.15) is 17.5 Å². The van der Waals surface area contributed by atoms with Gasteiger partial charge in [-0.1, -0.05) is 13.8 Å². The summed E-state index contributed by atoms with van der Waals surface area (Å²) in [4.78, 5) is 8.66. The van der Waals surface area contributed by atoms with Crippen molar-refractivity contribution in [3.05, 3.63) is 11.9 Å². The molecule has 0 bridgehead atoms. The van der Waals surface area contributed by atoms with Crippen LogP contribution in [0.25, 0.3) is 0 Å². The third-order valence-electron chi connectivity index (χ3n) is 2.65. The fourth-order valence-electron chi connectivity index (χ4n) is 1.57. The van der Waals surface area contributed by atoms with Crippen molar-refractivity contribution in [2.24, 2.45) is 5.84 Å². The third kappa shape index (κ3) is 4.85. The van der Waals surface area contributed by atoms with Gasteiger partial charge in [-0.2, -0.15) is 0 Å². The highest BCUT2D eigenvalue weighted by Crippen LogP contribution is 2.11. The van der Waals surface area contributed by atoms with Gasteiger partial charge in [-0.25, -0.2) is 15.8 Å². The van der Waals surface area contributed by atoms with Gasteiger partial charge in [0.05, 0.1) is 6.10 Å². The Kier molecular flexibility index (Phi) is 6.38. The van der Waals surface area contributed by atoms with Crippen LogP contribution in [0.5, 0.6) is 0 Å². The summed E-state index contributed by atoms with van der Waals surface area (Å²) in [5.74, 6) is 7.49. The summed E-state index contributed by atoms with van der Waals surface area (Å²) in [5.41, 5.74) is 2.54. The van der Waals surface area contributed by atoms with Crippen LogP contribution in [0.1, 0.15) is 38.9 Å². The fourth-order valence-corrected chi connectivity index (χ4v) is 1.57. The normalized spacial score (nSPS) is 12.2. The van der Waals surface area contributed by atoms with Gasteiger partial charge in [0, 0.05) is 19.0 Å². The second-order valence-corrected chi connectivity index (χ2v) is 4.23. The lowest BCUT2D eigenvalue weighted by molar-refractivity contribution is 0.164. The van der Waals surface area contributed by atoms with E-state index in [0.717, 1.165) is 30.9 Å². The molecule has 0 amide bonds. The van der Waals surface area contributed by atoms with Crippen LogP contribution in [-0.4, -0.2) is 27.7 Å². The quantitative estimate of drug-likeness (QED) is 0.412. The highest BCUT2D eigenvalue weighted by molar-refractivity contribution is 5.46. The number of nitrogens with zero attached hydrogens (tertiary/aromatic N) is 2. The summed E-state index contributed by atoms with van der Waals surface area (Å²) >= 11 is 0. The molecule has 0 aromatic carbocycles. The summed E-state index contributed by atoms with van der Waals surface area (Å²) in [6.45, 7) is 4.73. The first-order chi connectivity index (χ1) is 8.69. The molecule has 0 aliphatic rings. The Bertz CT molecular complexity index is 358. The van der Waals surface area contributed by atoms with Crippen LogP contribution < -0.4 is 16.6 Å². The zero-order valence-corrected chi connectivity index (χ0v) is 11.1. The fraction of sp³-hybridized carbons (Fsp3) is 0.667. The molecule has 0 aliphatic carbocycles. The van der Waals surface area contributed by atoms with Crippen molar-refractivity contribution in [1.29, 1.82) is 0 Å². The van der Waals surface area contributed by atoms with Crippen molar-refractivity contribution < 1.29 is 5.11 Å². The monoisotopic (exact) mass is 253 g/mol. The van der Waals surface area contributed by atoms with Crippen molar-refractivity contribution in [3.8, 4) is 0 Å². The molecule has 1 atom stereocenters. The van der Waals surface area contributed by atoms with Gasteiger partial charge in [0.2, 0.25) is 0 Å². The van der Waals surface area contributed by atoms with Crippen LogP contribution in [0.2, 0.25) is 0 Å². The molecule has 0 saturated heterocycles. The van der Waals surface area contributed by atoms with Gasteiger partial charge in [-0.05, 0) is 19.3 Å². The number of aryl methyl sites for hydroxylation is 1. The number of nitrogens with two attached hydrogens (primary N) is 1. The van der Waals surface area contributed by atoms with Gasteiger partial charge in [-0.15, -0.1) is 0 Å². The van der Waals surface area contributed by atoms with Crippen molar-refractivity contribution >= 4 is 11.6 Å². The van der Waals surface area contributed by atoms with Crippen LogP contribution in [0.3, 0.4) is 0 Å². The maximum absolute atomic E-state index is 9.47. The lowest BCUT2D eigenvalue weighted by Gasteiger charge is -2.11. The first-order valence-electron chi connectivity index (χ1n) is 6.46. The van der Waals surface area contributed by atoms with E-state index in [0.29, 0.717) is 18.8 Å². The summed E-state index contributed by atoms with van der Waals surface area (Å²) in [6, 6.07) is 1.76. The van der Waals surface area contributed by atoms with E-state index in [9.17, 15) is 5.11 Å². The van der Waals surface area contributed by atoms with Crippen LogP contribution in [0.4, 0.5) is 11.6 Å². The molecular weight excluding hydrogens is 230 g/mol. The van der Waals surface area contributed by atoms with Crippen molar-refractivity contribution in [2.75, 3.05) is 17.3 Å². The number of aliphatic hydroxyl groups is 1. The molecule has 1 rings (SSSR count). The summed E-state index contributed by atoms with van der Waals surface area (Å²) in [6.07, 6.45) is 3.02. The molecule has 0 saturated carbocycles. The van der Waals surface area contributed by atoms with E-state index in [1.165, 1.54) is 0 Å². The molecule has 102 valence electrons. The lowest BCUT2D eigenvalue weighted by Crippen LogP contribution is -2.15. The molecule has 18 heavy (non-hydrogen) atoms. The van der Waals surface area contributed by atoms with Gasteiger partial charge in [-0.3, -0.25) is 0 Å². The average molecular weight is 253 g/mol. The van der Waals surface area contributed by atoms with Gasteiger partial charge in [0.15, 0.2) is 0 Å². The largest absolute Gasteiger partial charge is 0.393 e. The Morgan fingerprint density at radius 2 is 2.06 bits per heavy atom. The number of hydrogen-bond donors (Lipinski definition) is 4. The molecule has 0 spiro atoms. The number of aromatic nitrogens is 2. The standard InChI is InChI=1S/C12H23N5O/c1-3-5-10-15-11(8-12(16-10)17-13)14-7-6-9(18)4-2/h8-9,18H,3-7,13H2,1-2H3,(H2,14,15,16,17). The van der Waals surface area contributed by atoms with Gasteiger partial charge >= 0.3 is 0 Å². The van der Waals surface area contributed by atoms with Crippen LogP contribution in [0.15, 0.2) is 6.07 Å². The molecular formula is C12H23N5O. The Balaban J connectivity index is 2.60. The maximum atomic E-state index is 9.47. The molecule has 1 aromatic heterocycles. The number of nitrogens with one attached hydrogen (secondary N) is 2. The zero-order valence-electron chi connectivity index (χ0n) is 11.1. The molecule has 5 N–H and O–H groups in total. The van der Waals surface area contributed by atoms with E-state index in [1.54, 1.807) is 6.07 Å². The van der Waals surface area contributed by atoms with Crippen molar-refractivity contribution in [2.45, 2.75) is 45.6 Å². The molecule has 0 fully saturated rings.